The first-order chi connectivity index (χ1) is 9.49. The van der Waals surface area contributed by atoms with Crippen LogP contribution >= 0.6 is 27.5 Å². The van der Waals surface area contributed by atoms with E-state index in [1.54, 1.807) is 7.05 Å². The third-order valence-corrected chi connectivity index (χ3v) is 3.75. The molecule has 1 aromatic carbocycles. The summed E-state index contributed by atoms with van der Waals surface area (Å²) in [7, 11) is 1.63. The average molecular weight is 364 g/mol. The maximum Gasteiger partial charge on any atom is 0.283 e. The predicted molar refractivity (Wildman–Crippen MR) is 82.7 cm³/mol. The van der Waals surface area contributed by atoms with Crippen molar-refractivity contribution in [1.82, 2.24) is 4.90 Å². The van der Waals surface area contributed by atoms with Crippen LogP contribution in [0.15, 0.2) is 18.2 Å². The largest absolute Gasteiger partial charge is 0.341 e. The molecule has 1 aromatic rings. The fraction of sp³-hybridized carbons (Fsp3) is 0.462. The SMILES string of the molecule is CN(CCCCCBr)C(=O)c1c(Cl)cccc1[N+](=O)[O-]. The predicted octanol–water partition coefficient (Wildman–Crippen LogP) is 3.89. The molecular weight excluding hydrogens is 348 g/mol. The van der Waals surface area contributed by atoms with Crippen LogP contribution in [-0.4, -0.2) is 34.7 Å². The topological polar surface area (TPSA) is 63.5 Å². The van der Waals surface area contributed by atoms with E-state index in [1.165, 1.54) is 23.1 Å². The maximum absolute atomic E-state index is 12.3. The van der Waals surface area contributed by atoms with E-state index >= 15 is 0 Å². The molecule has 0 saturated carbocycles. The van der Waals surface area contributed by atoms with Crippen molar-refractivity contribution in [3.8, 4) is 0 Å². The second kappa shape index (κ2) is 8.21. The molecule has 110 valence electrons. The van der Waals surface area contributed by atoms with Gasteiger partial charge in [0.15, 0.2) is 0 Å². The first-order valence-electron chi connectivity index (χ1n) is 6.23. The highest BCUT2D eigenvalue weighted by molar-refractivity contribution is 9.09. The summed E-state index contributed by atoms with van der Waals surface area (Å²) in [5, 5.41) is 12.0. The third kappa shape index (κ3) is 4.45. The second-order valence-corrected chi connectivity index (χ2v) is 5.57. The highest BCUT2D eigenvalue weighted by Crippen LogP contribution is 2.27. The van der Waals surface area contributed by atoms with Crippen LogP contribution in [-0.2, 0) is 0 Å². The minimum Gasteiger partial charge on any atom is -0.341 e. The van der Waals surface area contributed by atoms with Gasteiger partial charge in [-0.2, -0.15) is 0 Å². The molecule has 0 fully saturated rings. The molecule has 0 aliphatic rings. The zero-order valence-corrected chi connectivity index (χ0v) is 13.5. The fourth-order valence-corrected chi connectivity index (χ4v) is 2.44. The summed E-state index contributed by atoms with van der Waals surface area (Å²) in [5.41, 5.74) is -0.294. The Labute approximate surface area is 131 Å². The van der Waals surface area contributed by atoms with Crippen LogP contribution in [0, 0.1) is 10.1 Å². The number of hydrogen-bond acceptors (Lipinski definition) is 3. The fourth-order valence-electron chi connectivity index (χ4n) is 1.79. The molecule has 5 nitrogen and oxygen atoms in total. The number of nitro groups is 1. The molecule has 0 spiro atoms. The molecule has 0 saturated heterocycles. The number of alkyl halides is 1. The van der Waals surface area contributed by atoms with Crippen molar-refractivity contribution in [1.29, 1.82) is 0 Å². The average Bonchev–Trinajstić information content (AvgIpc) is 2.42. The quantitative estimate of drug-likeness (QED) is 0.319. The minimum absolute atomic E-state index is 0.0397. The van der Waals surface area contributed by atoms with E-state index in [0.717, 1.165) is 24.6 Å². The Hall–Kier alpha value is -1.14. The van der Waals surface area contributed by atoms with Gasteiger partial charge in [-0.15, -0.1) is 0 Å². The van der Waals surface area contributed by atoms with Gasteiger partial charge in [-0.3, -0.25) is 14.9 Å². The molecule has 0 aliphatic heterocycles. The van der Waals surface area contributed by atoms with E-state index < -0.39 is 10.8 Å². The minimum atomic E-state index is -0.586. The molecule has 1 rings (SSSR count). The van der Waals surface area contributed by atoms with Crippen LogP contribution in [0.2, 0.25) is 5.02 Å². The van der Waals surface area contributed by atoms with E-state index in [4.69, 9.17) is 11.6 Å². The van der Waals surface area contributed by atoms with Crippen LogP contribution in [0.4, 0.5) is 5.69 Å². The van der Waals surface area contributed by atoms with Gasteiger partial charge in [-0.25, -0.2) is 0 Å². The lowest BCUT2D eigenvalue weighted by molar-refractivity contribution is -0.385. The Morgan fingerprint density at radius 2 is 2.10 bits per heavy atom. The number of halogens is 2. The van der Waals surface area contributed by atoms with Crippen LogP contribution in [0.5, 0.6) is 0 Å². The number of carbonyl (C=O) groups excluding carboxylic acids is 1. The van der Waals surface area contributed by atoms with Gasteiger partial charge in [0, 0.05) is 25.0 Å². The van der Waals surface area contributed by atoms with Crippen molar-refractivity contribution >= 4 is 39.1 Å². The van der Waals surface area contributed by atoms with Crippen molar-refractivity contribution in [2.24, 2.45) is 0 Å². The Balaban J connectivity index is 2.83. The third-order valence-electron chi connectivity index (χ3n) is 2.88. The lowest BCUT2D eigenvalue weighted by atomic mass is 10.1. The first-order valence-corrected chi connectivity index (χ1v) is 7.73. The summed E-state index contributed by atoms with van der Waals surface area (Å²) in [5.74, 6) is -0.416. The van der Waals surface area contributed by atoms with E-state index in [9.17, 15) is 14.9 Å². The van der Waals surface area contributed by atoms with Gasteiger partial charge in [0.05, 0.1) is 9.95 Å². The highest BCUT2D eigenvalue weighted by atomic mass is 79.9. The van der Waals surface area contributed by atoms with Gasteiger partial charge in [0.25, 0.3) is 11.6 Å². The molecule has 0 aliphatic carbocycles. The van der Waals surface area contributed by atoms with Gasteiger partial charge in [-0.1, -0.05) is 40.0 Å². The Bertz CT molecular complexity index is 497. The molecule has 20 heavy (non-hydrogen) atoms. The number of carbonyl (C=O) groups is 1. The highest BCUT2D eigenvalue weighted by Gasteiger charge is 2.25. The monoisotopic (exact) mass is 362 g/mol. The zero-order chi connectivity index (χ0) is 15.1. The van der Waals surface area contributed by atoms with Gasteiger partial charge in [0.2, 0.25) is 0 Å². The molecule has 0 N–H and O–H groups in total. The van der Waals surface area contributed by atoms with E-state index in [2.05, 4.69) is 15.9 Å². The smallest absolute Gasteiger partial charge is 0.283 e. The van der Waals surface area contributed by atoms with Gasteiger partial charge < -0.3 is 4.90 Å². The summed E-state index contributed by atoms with van der Waals surface area (Å²) in [6, 6.07) is 4.24. The number of rotatable bonds is 7. The van der Waals surface area contributed by atoms with Crippen molar-refractivity contribution in [3.05, 3.63) is 38.9 Å². The van der Waals surface area contributed by atoms with Crippen molar-refractivity contribution < 1.29 is 9.72 Å². The van der Waals surface area contributed by atoms with Crippen LogP contribution < -0.4 is 0 Å². The molecule has 7 heteroatoms. The summed E-state index contributed by atoms with van der Waals surface area (Å²) < 4.78 is 0. The number of hydrogen-bond donors (Lipinski definition) is 0. The van der Waals surface area contributed by atoms with Gasteiger partial charge in [-0.05, 0) is 18.9 Å². The Morgan fingerprint density at radius 3 is 2.70 bits per heavy atom. The summed E-state index contributed by atoms with van der Waals surface area (Å²) >= 11 is 9.28. The van der Waals surface area contributed by atoms with Crippen molar-refractivity contribution in [3.63, 3.8) is 0 Å². The molecule has 0 radical (unpaired) electrons. The standard InChI is InChI=1S/C13H16BrClN2O3/c1-16(9-4-2-3-8-14)13(18)12-10(15)6-5-7-11(12)17(19)20/h5-7H,2-4,8-9H2,1H3. The Kier molecular flexibility index (Phi) is 6.95. The molecule has 1 amide bonds. The van der Waals surface area contributed by atoms with Gasteiger partial charge in [0.1, 0.15) is 5.56 Å². The molecule has 0 heterocycles. The number of amides is 1. The number of unbranched alkanes of at least 4 members (excludes halogenated alkanes) is 2. The zero-order valence-electron chi connectivity index (χ0n) is 11.1. The number of benzene rings is 1. The van der Waals surface area contributed by atoms with E-state index in [-0.39, 0.29) is 16.3 Å². The van der Waals surface area contributed by atoms with Crippen LogP contribution in [0.3, 0.4) is 0 Å². The lowest BCUT2D eigenvalue weighted by Crippen LogP contribution is -2.28. The molecule has 0 bridgehead atoms. The maximum atomic E-state index is 12.3. The van der Waals surface area contributed by atoms with Crippen molar-refractivity contribution in [2.45, 2.75) is 19.3 Å². The molecular formula is C13H16BrClN2O3. The lowest BCUT2D eigenvalue weighted by Gasteiger charge is -2.17. The summed E-state index contributed by atoms with van der Waals surface area (Å²) in [6.45, 7) is 0.550. The summed E-state index contributed by atoms with van der Waals surface area (Å²) in [6.07, 6.45) is 2.88. The second-order valence-electron chi connectivity index (χ2n) is 4.37. The summed E-state index contributed by atoms with van der Waals surface area (Å²) in [4.78, 5) is 24.1. The number of nitro benzene ring substituents is 1. The van der Waals surface area contributed by atoms with E-state index in [1.807, 2.05) is 0 Å². The van der Waals surface area contributed by atoms with Crippen LogP contribution in [0.25, 0.3) is 0 Å². The molecule has 0 aromatic heterocycles. The van der Waals surface area contributed by atoms with E-state index in [0.29, 0.717) is 6.54 Å². The van der Waals surface area contributed by atoms with Crippen LogP contribution in [0.1, 0.15) is 29.6 Å². The number of nitrogens with zero attached hydrogens (tertiary/aromatic N) is 2. The van der Waals surface area contributed by atoms with Gasteiger partial charge >= 0.3 is 0 Å². The first kappa shape index (κ1) is 16.9. The normalized spacial score (nSPS) is 10.3. The molecule has 0 unspecified atom stereocenters. The van der Waals surface area contributed by atoms with Crippen molar-refractivity contribution in [2.75, 3.05) is 18.9 Å². The Morgan fingerprint density at radius 1 is 1.40 bits per heavy atom. The molecule has 0 atom stereocenters.